The van der Waals surface area contributed by atoms with Crippen molar-refractivity contribution in [3.8, 4) is 27.9 Å². The predicted octanol–water partition coefficient (Wildman–Crippen LogP) is 9.42. The first-order chi connectivity index (χ1) is 17.0. The van der Waals surface area contributed by atoms with E-state index in [1.54, 1.807) is 0 Å². The van der Waals surface area contributed by atoms with Crippen LogP contribution < -0.4 is 0 Å². The molecule has 0 saturated carbocycles. The molecule has 1 heterocycles. The maximum Gasteiger partial charge on any atom is 0.0547 e. The van der Waals surface area contributed by atoms with Gasteiger partial charge in [0, 0.05) is 16.5 Å². The summed E-state index contributed by atoms with van der Waals surface area (Å²) in [5, 5.41) is 2.55. The van der Waals surface area contributed by atoms with E-state index in [0.29, 0.717) is 0 Å². The molecule has 1 aromatic heterocycles. The third kappa shape index (κ3) is 3.84. The van der Waals surface area contributed by atoms with Gasteiger partial charge in [-0.3, -0.25) is 0 Å². The normalized spacial score (nSPS) is 11.9. The van der Waals surface area contributed by atoms with Crippen LogP contribution in [0.2, 0.25) is 0 Å². The average Bonchev–Trinajstić information content (AvgIpc) is 3.22. The second-order valence-corrected chi connectivity index (χ2v) is 10.3. The lowest BCUT2D eigenvalue weighted by Crippen LogP contribution is -2.10. The Morgan fingerprint density at radius 1 is 0.457 bits per heavy atom. The molecule has 35 heavy (non-hydrogen) atoms. The molecule has 0 N–H and O–H groups in total. The topological polar surface area (TPSA) is 4.93 Å². The molecule has 0 aliphatic rings. The molecule has 0 aliphatic heterocycles. The third-order valence-electron chi connectivity index (χ3n) is 6.97. The van der Waals surface area contributed by atoms with Crippen molar-refractivity contribution in [2.75, 3.05) is 0 Å². The monoisotopic (exact) mass is 451 g/mol. The number of rotatable bonds is 3. The average molecular weight is 452 g/mol. The Morgan fingerprint density at radius 2 is 0.914 bits per heavy atom. The number of fused-ring (bicyclic) bond motifs is 3. The van der Waals surface area contributed by atoms with E-state index in [9.17, 15) is 0 Å². The molecule has 0 amide bonds. The lowest BCUT2D eigenvalue weighted by Gasteiger charge is -2.19. The molecular weight excluding hydrogens is 422 g/mol. The molecule has 0 aliphatic carbocycles. The van der Waals surface area contributed by atoms with Crippen LogP contribution in [0.1, 0.15) is 26.3 Å². The van der Waals surface area contributed by atoms with Crippen molar-refractivity contribution in [2.24, 2.45) is 0 Å². The van der Waals surface area contributed by atoms with Crippen molar-refractivity contribution >= 4 is 21.8 Å². The van der Waals surface area contributed by atoms with Gasteiger partial charge in [-0.05, 0) is 57.5 Å². The number of aromatic nitrogens is 1. The molecule has 0 radical (unpaired) electrons. The quantitative estimate of drug-likeness (QED) is 0.252. The summed E-state index contributed by atoms with van der Waals surface area (Å²) in [4.78, 5) is 0. The minimum atomic E-state index is 0.125. The first kappa shape index (κ1) is 21.4. The third-order valence-corrected chi connectivity index (χ3v) is 6.97. The summed E-state index contributed by atoms with van der Waals surface area (Å²) in [7, 11) is 0. The van der Waals surface area contributed by atoms with E-state index >= 15 is 0 Å². The maximum absolute atomic E-state index is 2.43. The highest BCUT2D eigenvalue weighted by atomic mass is 15.0. The Balaban J connectivity index is 1.64. The highest BCUT2D eigenvalue weighted by Gasteiger charge is 2.17. The van der Waals surface area contributed by atoms with Crippen molar-refractivity contribution in [1.82, 2.24) is 4.57 Å². The molecule has 170 valence electrons. The molecule has 0 saturated heterocycles. The number of hydrogen-bond donors (Lipinski definition) is 0. The number of nitrogens with zero attached hydrogens (tertiary/aromatic N) is 1. The highest BCUT2D eigenvalue weighted by molar-refractivity contribution is 6.11. The Hall–Kier alpha value is -4.10. The lowest BCUT2D eigenvalue weighted by molar-refractivity contribution is 0.590. The van der Waals surface area contributed by atoms with E-state index in [4.69, 9.17) is 0 Å². The maximum atomic E-state index is 2.43. The fraction of sp³-hybridized carbons (Fsp3) is 0.118. The van der Waals surface area contributed by atoms with Crippen molar-refractivity contribution in [1.29, 1.82) is 0 Å². The summed E-state index contributed by atoms with van der Waals surface area (Å²) in [6, 6.07) is 44.1. The first-order valence-corrected chi connectivity index (χ1v) is 12.3. The van der Waals surface area contributed by atoms with Gasteiger partial charge in [0.15, 0.2) is 0 Å². The van der Waals surface area contributed by atoms with Crippen LogP contribution in [0.5, 0.6) is 0 Å². The van der Waals surface area contributed by atoms with Gasteiger partial charge in [0.1, 0.15) is 0 Å². The van der Waals surface area contributed by atoms with Crippen LogP contribution in [0.4, 0.5) is 0 Å². The van der Waals surface area contributed by atoms with Crippen molar-refractivity contribution in [3.05, 3.63) is 127 Å². The molecule has 0 atom stereocenters. The Bertz CT molecular complexity index is 1530. The second kappa shape index (κ2) is 8.29. The fourth-order valence-electron chi connectivity index (χ4n) is 5.03. The van der Waals surface area contributed by atoms with Gasteiger partial charge in [-0.15, -0.1) is 0 Å². The van der Waals surface area contributed by atoms with E-state index in [-0.39, 0.29) is 5.41 Å². The van der Waals surface area contributed by atoms with Gasteiger partial charge in [-0.1, -0.05) is 118 Å². The van der Waals surface area contributed by atoms with Crippen LogP contribution in [0, 0.1) is 0 Å². The van der Waals surface area contributed by atoms with Crippen LogP contribution in [0.25, 0.3) is 49.7 Å². The summed E-state index contributed by atoms with van der Waals surface area (Å²) in [6.07, 6.45) is 0. The van der Waals surface area contributed by atoms with Gasteiger partial charge in [0.25, 0.3) is 0 Å². The van der Waals surface area contributed by atoms with Gasteiger partial charge in [-0.25, -0.2) is 0 Å². The molecule has 0 bridgehead atoms. The zero-order valence-corrected chi connectivity index (χ0v) is 20.5. The van der Waals surface area contributed by atoms with Crippen LogP contribution in [0.3, 0.4) is 0 Å². The second-order valence-electron chi connectivity index (χ2n) is 10.3. The summed E-state index contributed by atoms with van der Waals surface area (Å²) in [6.45, 7) is 6.79. The molecule has 0 fully saturated rings. The largest absolute Gasteiger partial charge is 0.309 e. The van der Waals surface area contributed by atoms with E-state index < -0.39 is 0 Å². The highest BCUT2D eigenvalue weighted by Crippen LogP contribution is 2.37. The van der Waals surface area contributed by atoms with Crippen LogP contribution in [-0.2, 0) is 5.41 Å². The standard InChI is InChI=1S/C34H29N/c1-34(2,3)28-16-18-29(19-17-28)35-32-22-26(24-10-6-4-7-11-24)14-20-30(32)31-21-15-27(23-33(31)35)25-12-8-5-9-13-25/h4-23H,1-3H3. The predicted molar refractivity (Wildman–Crippen MR) is 150 cm³/mol. The van der Waals surface area contributed by atoms with E-state index in [1.165, 1.54) is 55.3 Å². The van der Waals surface area contributed by atoms with Gasteiger partial charge >= 0.3 is 0 Å². The van der Waals surface area contributed by atoms with E-state index in [1.807, 2.05) is 0 Å². The smallest absolute Gasteiger partial charge is 0.0547 e. The molecular formula is C34H29N. The van der Waals surface area contributed by atoms with E-state index in [2.05, 4.69) is 147 Å². The van der Waals surface area contributed by atoms with Gasteiger partial charge < -0.3 is 4.57 Å². The molecule has 0 spiro atoms. The first-order valence-electron chi connectivity index (χ1n) is 12.3. The van der Waals surface area contributed by atoms with Crippen molar-refractivity contribution < 1.29 is 0 Å². The van der Waals surface area contributed by atoms with Crippen LogP contribution in [0.15, 0.2) is 121 Å². The minimum absolute atomic E-state index is 0.125. The summed E-state index contributed by atoms with van der Waals surface area (Å²) in [5.41, 5.74) is 10.1. The Kier molecular flexibility index (Phi) is 5.07. The number of benzene rings is 5. The van der Waals surface area contributed by atoms with Crippen molar-refractivity contribution in [2.45, 2.75) is 26.2 Å². The molecule has 6 aromatic rings. The lowest BCUT2D eigenvalue weighted by atomic mass is 9.87. The van der Waals surface area contributed by atoms with Crippen LogP contribution in [-0.4, -0.2) is 4.57 Å². The fourth-order valence-corrected chi connectivity index (χ4v) is 5.03. The summed E-state index contributed by atoms with van der Waals surface area (Å²) in [5.74, 6) is 0. The van der Waals surface area contributed by atoms with Gasteiger partial charge in [0.05, 0.1) is 11.0 Å². The summed E-state index contributed by atoms with van der Waals surface area (Å²) < 4.78 is 2.43. The molecule has 5 aromatic carbocycles. The molecule has 6 rings (SSSR count). The zero-order valence-electron chi connectivity index (χ0n) is 20.5. The Morgan fingerprint density at radius 3 is 1.34 bits per heavy atom. The van der Waals surface area contributed by atoms with Crippen LogP contribution >= 0.6 is 0 Å². The minimum Gasteiger partial charge on any atom is -0.309 e. The molecule has 0 unspecified atom stereocenters. The SMILES string of the molecule is CC(C)(C)c1ccc(-n2c3cc(-c4ccccc4)ccc3c3ccc(-c4ccccc4)cc32)cc1. The molecule has 1 heteroatoms. The van der Waals surface area contributed by atoms with Crippen molar-refractivity contribution in [3.63, 3.8) is 0 Å². The number of hydrogen-bond acceptors (Lipinski definition) is 0. The molecule has 1 nitrogen and oxygen atoms in total. The zero-order chi connectivity index (χ0) is 24.0. The Labute approximate surface area is 207 Å². The van der Waals surface area contributed by atoms with Gasteiger partial charge in [0.2, 0.25) is 0 Å². The van der Waals surface area contributed by atoms with E-state index in [0.717, 1.165) is 0 Å². The summed E-state index contributed by atoms with van der Waals surface area (Å²) >= 11 is 0. The van der Waals surface area contributed by atoms with Gasteiger partial charge in [-0.2, -0.15) is 0 Å².